The lowest BCUT2D eigenvalue weighted by molar-refractivity contribution is 0.0505. The molecule has 0 spiro atoms. The van der Waals surface area contributed by atoms with Gasteiger partial charge in [0, 0.05) is 41.4 Å². The zero-order chi connectivity index (χ0) is 14.5. The highest BCUT2D eigenvalue weighted by molar-refractivity contribution is 7.84. The SMILES string of the molecule is CS(=O)CCNC1CCC(NC(=O)OC(C)(C)C)C1. The Hall–Kier alpha value is -0.620. The summed E-state index contributed by atoms with van der Waals surface area (Å²) in [5, 5.41) is 6.28. The van der Waals surface area contributed by atoms with Gasteiger partial charge in [-0.3, -0.25) is 4.21 Å². The third kappa shape index (κ3) is 7.52. The fourth-order valence-electron chi connectivity index (χ4n) is 2.18. The van der Waals surface area contributed by atoms with Crippen molar-refractivity contribution in [2.45, 2.75) is 57.7 Å². The maximum Gasteiger partial charge on any atom is 0.407 e. The second kappa shape index (κ2) is 7.24. The van der Waals surface area contributed by atoms with E-state index in [0.717, 1.165) is 25.8 Å². The number of ether oxygens (including phenoxy) is 1. The first-order valence-corrected chi connectivity index (χ1v) is 8.52. The van der Waals surface area contributed by atoms with Gasteiger partial charge in [-0.2, -0.15) is 0 Å². The van der Waals surface area contributed by atoms with Crippen LogP contribution in [0.4, 0.5) is 4.79 Å². The van der Waals surface area contributed by atoms with Gasteiger partial charge < -0.3 is 15.4 Å². The summed E-state index contributed by atoms with van der Waals surface area (Å²) in [6, 6.07) is 0.586. The Balaban J connectivity index is 2.21. The lowest BCUT2D eigenvalue weighted by Crippen LogP contribution is -2.39. The average molecular weight is 290 g/mol. The zero-order valence-corrected chi connectivity index (χ0v) is 13.1. The molecule has 0 bridgehead atoms. The summed E-state index contributed by atoms with van der Waals surface area (Å²) >= 11 is 0. The van der Waals surface area contributed by atoms with Gasteiger partial charge in [0.1, 0.15) is 5.60 Å². The Morgan fingerprint density at radius 3 is 2.53 bits per heavy atom. The molecular weight excluding hydrogens is 264 g/mol. The highest BCUT2D eigenvalue weighted by atomic mass is 32.2. The molecule has 5 nitrogen and oxygen atoms in total. The van der Waals surface area contributed by atoms with Crippen LogP contribution in [0.1, 0.15) is 40.0 Å². The Kier molecular flexibility index (Phi) is 6.26. The number of nitrogens with one attached hydrogen (secondary N) is 2. The van der Waals surface area contributed by atoms with Crippen molar-refractivity contribution in [1.29, 1.82) is 0 Å². The van der Waals surface area contributed by atoms with Crippen molar-refractivity contribution in [2.24, 2.45) is 0 Å². The molecule has 0 radical (unpaired) electrons. The van der Waals surface area contributed by atoms with Crippen molar-refractivity contribution >= 4 is 16.9 Å². The molecule has 19 heavy (non-hydrogen) atoms. The van der Waals surface area contributed by atoms with E-state index in [0.29, 0.717) is 11.8 Å². The lowest BCUT2D eigenvalue weighted by Gasteiger charge is -2.21. The van der Waals surface area contributed by atoms with E-state index in [-0.39, 0.29) is 12.1 Å². The average Bonchev–Trinajstić information content (AvgIpc) is 2.61. The van der Waals surface area contributed by atoms with E-state index >= 15 is 0 Å². The van der Waals surface area contributed by atoms with Crippen molar-refractivity contribution in [3.63, 3.8) is 0 Å². The van der Waals surface area contributed by atoms with E-state index in [2.05, 4.69) is 10.6 Å². The molecule has 1 saturated carbocycles. The number of hydrogen-bond donors (Lipinski definition) is 2. The summed E-state index contributed by atoms with van der Waals surface area (Å²) in [5.41, 5.74) is -0.453. The molecule has 112 valence electrons. The fourth-order valence-corrected chi connectivity index (χ4v) is 2.58. The van der Waals surface area contributed by atoms with Gasteiger partial charge in [0.25, 0.3) is 0 Å². The van der Waals surface area contributed by atoms with Gasteiger partial charge in [-0.15, -0.1) is 0 Å². The van der Waals surface area contributed by atoms with Crippen LogP contribution in [0, 0.1) is 0 Å². The summed E-state index contributed by atoms with van der Waals surface area (Å²) in [6.45, 7) is 6.34. The Bertz CT molecular complexity index is 328. The van der Waals surface area contributed by atoms with Crippen LogP contribution in [0.2, 0.25) is 0 Å². The first-order valence-electron chi connectivity index (χ1n) is 6.79. The van der Waals surface area contributed by atoms with Crippen LogP contribution in [-0.4, -0.2) is 46.5 Å². The van der Waals surface area contributed by atoms with Gasteiger partial charge in [0.05, 0.1) is 0 Å². The molecule has 0 aromatic heterocycles. The van der Waals surface area contributed by atoms with Crippen molar-refractivity contribution in [1.82, 2.24) is 10.6 Å². The lowest BCUT2D eigenvalue weighted by atomic mass is 10.2. The topological polar surface area (TPSA) is 67.4 Å². The van der Waals surface area contributed by atoms with Gasteiger partial charge in [-0.05, 0) is 40.0 Å². The van der Waals surface area contributed by atoms with Crippen LogP contribution in [0.5, 0.6) is 0 Å². The maximum absolute atomic E-state index is 11.6. The fraction of sp³-hybridized carbons (Fsp3) is 0.923. The third-order valence-corrected chi connectivity index (χ3v) is 3.76. The molecule has 3 atom stereocenters. The van der Waals surface area contributed by atoms with Gasteiger partial charge in [-0.1, -0.05) is 0 Å². The quantitative estimate of drug-likeness (QED) is 0.803. The molecule has 1 fully saturated rings. The van der Waals surface area contributed by atoms with Crippen LogP contribution in [-0.2, 0) is 15.5 Å². The van der Waals surface area contributed by atoms with E-state index in [1.165, 1.54) is 0 Å². The highest BCUT2D eigenvalue weighted by Crippen LogP contribution is 2.19. The predicted molar refractivity (Wildman–Crippen MR) is 77.7 cm³/mol. The second-order valence-electron chi connectivity index (χ2n) is 6.08. The second-order valence-corrected chi connectivity index (χ2v) is 7.64. The number of rotatable bonds is 5. The zero-order valence-electron chi connectivity index (χ0n) is 12.3. The summed E-state index contributed by atoms with van der Waals surface area (Å²) in [4.78, 5) is 11.6. The number of carbonyl (C=O) groups excluding carboxylic acids is 1. The number of alkyl carbamates (subject to hydrolysis) is 1. The number of hydrogen-bond acceptors (Lipinski definition) is 4. The molecule has 1 rings (SSSR count). The first kappa shape index (κ1) is 16.4. The molecule has 0 saturated heterocycles. The van der Waals surface area contributed by atoms with E-state index < -0.39 is 16.4 Å². The molecule has 0 aliphatic heterocycles. The Morgan fingerprint density at radius 2 is 1.95 bits per heavy atom. The maximum atomic E-state index is 11.6. The Labute approximate surface area is 118 Å². The molecular formula is C13H26N2O3S. The van der Waals surface area contributed by atoms with Crippen LogP contribution >= 0.6 is 0 Å². The summed E-state index contributed by atoms with van der Waals surface area (Å²) in [5.74, 6) is 0.681. The Morgan fingerprint density at radius 1 is 1.32 bits per heavy atom. The minimum atomic E-state index is -0.747. The molecule has 1 aliphatic rings. The summed E-state index contributed by atoms with van der Waals surface area (Å²) in [6.07, 6.45) is 4.29. The number of amides is 1. The van der Waals surface area contributed by atoms with Crippen LogP contribution in [0.3, 0.4) is 0 Å². The third-order valence-electron chi connectivity index (χ3n) is 2.98. The van der Waals surface area contributed by atoms with Crippen molar-refractivity contribution in [3.8, 4) is 0 Å². The molecule has 0 heterocycles. The molecule has 1 amide bonds. The molecule has 2 N–H and O–H groups in total. The molecule has 3 unspecified atom stereocenters. The van der Waals surface area contributed by atoms with Crippen molar-refractivity contribution < 1.29 is 13.7 Å². The normalized spacial score (nSPS) is 25.1. The predicted octanol–water partition coefficient (Wildman–Crippen LogP) is 1.40. The molecule has 1 aliphatic carbocycles. The van der Waals surface area contributed by atoms with Gasteiger partial charge >= 0.3 is 6.09 Å². The molecule has 6 heteroatoms. The van der Waals surface area contributed by atoms with Crippen LogP contribution < -0.4 is 10.6 Å². The van der Waals surface area contributed by atoms with Crippen molar-refractivity contribution in [2.75, 3.05) is 18.6 Å². The minimum Gasteiger partial charge on any atom is -0.444 e. The first-order chi connectivity index (χ1) is 8.76. The molecule has 0 aromatic rings. The van der Waals surface area contributed by atoms with E-state index in [1.807, 2.05) is 20.8 Å². The van der Waals surface area contributed by atoms with E-state index in [1.54, 1.807) is 6.26 Å². The largest absolute Gasteiger partial charge is 0.444 e. The van der Waals surface area contributed by atoms with Gasteiger partial charge in [0.2, 0.25) is 0 Å². The summed E-state index contributed by atoms with van der Waals surface area (Å²) in [7, 11) is -0.747. The van der Waals surface area contributed by atoms with Gasteiger partial charge in [-0.25, -0.2) is 4.79 Å². The smallest absolute Gasteiger partial charge is 0.407 e. The summed E-state index contributed by atoms with van der Waals surface area (Å²) < 4.78 is 16.2. The van der Waals surface area contributed by atoms with E-state index in [9.17, 15) is 9.00 Å². The highest BCUT2D eigenvalue weighted by Gasteiger charge is 2.27. The van der Waals surface area contributed by atoms with Crippen LogP contribution in [0.25, 0.3) is 0 Å². The van der Waals surface area contributed by atoms with E-state index in [4.69, 9.17) is 4.74 Å². The van der Waals surface area contributed by atoms with Gasteiger partial charge in [0.15, 0.2) is 0 Å². The standard InChI is InChI=1S/C13H26N2O3S/c1-13(2,3)18-12(16)15-11-6-5-10(9-11)14-7-8-19(4)17/h10-11,14H,5-9H2,1-4H3,(H,15,16). The monoisotopic (exact) mass is 290 g/mol. The molecule has 0 aromatic carbocycles. The van der Waals surface area contributed by atoms with Crippen molar-refractivity contribution in [3.05, 3.63) is 0 Å². The van der Waals surface area contributed by atoms with Crippen LogP contribution in [0.15, 0.2) is 0 Å². The minimum absolute atomic E-state index is 0.180. The number of carbonyl (C=O) groups is 1.